The second kappa shape index (κ2) is 6.88. The lowest BCUT2D eigenvalue weighted by atomic mass is 10.2. The van der Waals surface area contributed by atoms with Gasteiger partial charge in [0.1, 0.15) is 6.54 Å². The van der Waals surface area contributed by atoms with Crippen molar-refractivity contribution in [3.8, 4) is 0 Å². The van der Waals surface area contributed by atoms with Crippen LogP contribution < -0.4 is 0 Å². The van der Waals surface area contributed by atoms with Crippen LogP contribution >= 0.6 is 11.6 Å². The molecule has 0 unspecified atom stereocenters. The third kappa shape index (κ3) is 4.16. The Morgan fingerprint density at radius 3 is 2.48 bits per heavy atom. The van der Waals surface area contributed by atoms with E-state index in [-0.39, 0.29) is 22.1 Å². The Bertz CT molecular complexity index is 658. The maximum Gasteiger partial charge on any atom is 0.337 e. The smallest absolute Gasteiger partial charge is 0.337 e. The average Bonchev–Trinajstić information content (AvgIpc) is 2.38. The van der Waals surface area contributed by atoms with Crippen molar-refractivity contribution >= 4 is 33.6 Å². The number of hydrogen-bond donors (Lipinski definition) is 1. The van der Waals surface area contributed by atoms with E-state index in [9.17, 15) is 18.0 Å². The number of nitrogens with zero attached hydrogens (tertiary/aromatic N) is 1. The van der Waals surface area contributed by atoms with Gasteiger partial charge in [-0.15, -0.1) is 0 Å². The number of carboxylic acids is 1. The molecule has 0 heterocycles. The summed E-state index contributed by atoms with van der Waals surface area (Å²) >= 11 is 5.74. The molecule has 21 heavy (non-hydrogen) atoms. The van der Waals surface area contributed by atoms with Crippen molar-refractivity contribution in [2.24, 2.45) is 0 Å². The van der Waals surface area contributed by atoms with Crippen LogP contribution in [0.2, 0.25) is 5.02 Å². The van der Waals surface area contributed by atoms with E-state index in [1.165, 1.54) is 7.05 Å². The third-order valence-electron chi connectivity index (χ3n) is 2.54. The highest BCUT2D eigenvalue weighted by Gasteiger charge is 2.24. The fourth-order valence-corrected chi connectivity index (χ4v) is 2.95. The van der Waals surface area contributed by atoms with E-state index in [4.69, 9.17) is 16.7 Å². The molecule has 0 aliphatic heterocycles. The Labute approximate surface area is 127 Å². The van der Waals surface area contributed by atoms with E-state index >= 15 is 0 Å². The van der Waals surface area contributed by atoms with Crippen molar-refractivity contribution < 1.29 is 27.9 Å². The molecule has 0 aliphatic rings. The van der Waals surface area contributed by atoms with Crippen LogP contribution in [0, 0.1) is 0 Å². The van der Waals surface area contributed by atoms with Crippen LogP contribution in [-0.2, 0) is 19.6 Å². The fourth-order valence-electron chi connectivity index (χ4n) is 1.48. The molecule has 0 spiro atoms. The Morgan fingerprint density at radius 2 is 2.00 bits per heavy atom. The van der Waals surface area contributed by atoms with Crippen molar-refractivity contribution in [2.45, 2.75) is 11.8 Å². The maximum atomic E-state index is 12.2. The molecule has 1 aromatic carbocycles. The van der Waals surface area contributed by atoms with Gasteiger partial charge in [0.25, 0.3) is 0 Å². The van der Waals surface area contributed by atoms with Gasteiger partial charge in [0.15, 0.2) is 0 Å². The lowest BCUT2D eigenvalue weighted by Gasteiger charge is -2.16. The van der Waals surface area contributed by atoms with Crippen LogP contribution in [0.5, 0.6) is 0 Å². The zero-order chi connectivity index (χ0) is 16.2. The van der Waals surface area contributed by atoms with Gasteiger partial charge in [-0.3, -0.25) is 4.79 Å². The zero-order valence-electron chi connectivity index (χ0n) is 11.4. The van der Waals surface area contributed by atoms with Gasteiger partial charge in [-0.25, -0.2) is 13.2 Å². The number of carbonyl (C=O) groups is 2. The quantitative estimate of drug-likeness (QED) is 0.784. The van der Waals surface area contributed by atoms with Crippen LogP contribution in [0.15, 0.2) is 23.1 Å². The van der Waals surface area contributed by atoms with Crippen LogP contribution in [-0.4, -0.2) is 50.0 Å². The van der Waals surface area contributed by atoms with Gasteiger partial charge < -0.3 is 9.84 Å². The lowest BCUT2D eigenvalue weighted by molar-refractivity contribution is -0.143. The van der Waals surface area contributed by atoms with Crippen molar-refractivity contribution in [3.63, 3.8) is 0 Å². The van der Waals surface area contributed by atoms with Crippen LogP contribution in [0.1, 0.15) is 17.3 Å². The highest BCUT2D eigenvalue weighted by atomic mass is 35.5. The third-order valence-corrected chi connectivity index (χ3v) is 4.65. The van der Waals surface area contributed by atoms with Gasteiger partial charge in [0, 0.05) is 7.05 Å². The molecule has 9 heteroatoms. The monoisotopic (exact) mass is 335 g/mol. The van der Waals surface area contributed by atoms with Crippen molar-refractivity contribution in [3.05, 3.63) is 28.8 Å². The summed E-state index contributed by atoms with van der Waals surface area (Å²) in [6, 6.07) is 3.24. The molecule has 0 saturated carbocycles. The SMILES string of the molecule is CCOC(=O)CN(C)S(=O)(=O)c1ccc(C(=O)O)c(Cl)c1. The minimum absolute atomic E-state index is 0.145. The number of ether oxygens (including phenoxy) is 1. The number of rotatable bonds is 6. The molecule has 1 aromatic rings. The van der Waals surface area contributed by atoms with Gasteiger partial charge in [-0.05, 0) is 25.1 Å². The predicted molar refractivity (Wildman–Crippen MR) is 74.9 cm³/mol. The van der Waals surface area contributed by atoms with E-state index in [0.29, 0.717) is 0 Å². The first-order valence-electron chi connectivity index (χ1n) is 5.85. The number of carbonyl (C=O) groups excluding carboxylic acids is 1. The molecule has 116 valence electrons. The Hall–Kier alpha value is -1.64. The van der Waals surface area contributed by atoms with Gasteiger partial charge in [-0.1, -0.05) is 11.6 Å². The summed E-state index contributed by atoms with van der Waals surface area (Å²) in [4.78, 5) is 21.9. The summed E-state index contributed by atoms with van der Waals surface area (Å²) < 4.78 is 29.9. The molecule has 0 atom stereocenters. The molecule has 1 rings (SSSR count). The lowest BCUT2D eigenvalue weighted by Crippen LogP contribution is -2.33. The number of halogens is 1. The maximum absolute atomic E-state index is 12.2. The molecule has 0 fully saturated rings. The number of hydrogen-bond acceptors (Lipinski definition) is 5. The second-order valence-electron chi connectivity index (χ2n) is 4.01. The molecule has 0 bridgehead atoms. The molecule has 0 aliphatic carbocycles. The summed E-state index contributed by atoms with van der Waals surface area (Å²) in [5, 5.41) is 8.64. The molecule has 7 nitrogen and oxygen atoms in total. The highest BCUT2D eigenvalue weighted by Crippen LogP contribution is 2.22. The highest BCUT2D eigenvalue weighted by molar-refractivity contribution is 7.89. The van der Waals surface area contributed by atoms with E-state index in [1.54, 1.807) is 6.92 Å². The van der Waals surface area contributed by atoms with Gasteiger partial charge in [-0.2, -0.15) is 4.31 Å². The van der Waals surface area contributed by atoms with Crippen molar-refractivity contribution in [2.75, 3.05) is 20.2 Å². The number of likely N-dealkylation sites (N-methyl/N-ethyl adjacent to an activating group) is 1. The first-order chi connectivity index (χ1) is 9.70. The molecular formula is C12H14ClNO6S. The molecule has 0 amide bonds. The molecular weight excluding hydrogens is 322 g/mol. The van der Waals surface area contributed by atoms with Crippen molar-refractivity contribution in [1.29, 1.82) is 0 Å². The minimum atomic E-state index is -3.96. The average molecular weight is 336 g/mol. The topological polar surface area (TPSA) is 101 Å². The number of benzene rings is 1. The summed E-state index contributed by atoms with van der Waals surface area (Å²) in [6.45, 7) is 1.30. The molecule has 1 N–H and O–H groups in total. The Kier molecular flexibility index (Phi) is 5.70. The summed E-state index contributed by atoms with van der Waals surface area (Å²) in [7, 11) is -2.75. The van der Waals surface area contributed by atoms with E-state index in [1.807, 2.05) is 0 Å². The van der Waals surface area contributed by atoms with Gasteiger partial charge >= 0.3 is 11.9 Å². The molecule has 0 saturated heterocycles. The summed E-state index contributed by atoms with van der Waals surface area (Å²) in [6.07, 6.45) is 0. The largest absolute Gasteiger partial charge is 0.478 e. The second-order valence-corrected chi connectivity index (χ2v) is 6.46. The zero-order valence-corrected chi connectivity index (χ0v) is 12.9. The van der Waals surface area contributed by atoms with Gasteiger partial charge in [0.05, 0.1) is 22.1 Å². The number of carboxylic acid groups (broad SMARTS) is 1. The van der Waals surface area contributed by atoms with Gasteiger partial charge in [0.2, 0.25) is 10.0 Å². The standard InChI is InChI=1S/C12H14ClNO6S/c1-3-20-11(15)7-14(2)21(18,19)8-4-5-9(12(16)17)10(13)6-8/h4-6H,3,7H2,1-2H3,(H,16,17). The van der Waals surface area contributed by atoms with Crippen LogP contribution in [0.25, 0.3) is 0 Å². The predicted octanol–water partition coefficient (Wildman–Crippen LogP) is 1.22. The van der Waals surface area contributed by atoms with E-state index < -0.39 is 28.5 Å². The van der Waals surface area contributed by atoms with Crippen molar-refractivity contribution in [1.82, 2.24) is 4.31 Å². The first kappa shape index (κ1) is 17.4. The Morgan fingerprint density at radius 1 is 1.38 bits per heavy atom. The summed E-state index contributed by atoms with van der Waals surface area (Å²) in [5.41, 5.74) is -0.205. The first-order valence-corrected chi connectivity index (χ1v) is 7.66. The minimum Gasteiger partial charge on any atom is -0.478 e. The molecule has 0 radical (unpaired) electrons. The fraction of sp³-hybridized carbons (Fsp3) is 0.333. The number of esters is 1. The van der Waals surface area contributed by atoms with Crippen LogP contribution in [0.4, 0.5) is 0 Å². The van der Waals surface area contributed by atoms with E-state index in [2.05, 4.69) is 4.74 Å². The normalized spacial score (nSPS) is 11.4. The van der Waals surface area contributed by atoms with E-state index in [0.717, 1.165) is 22.5 Å². The molecule has 0 aromatic heterocycles. The summed E-state index contributed by atoms with van der Waals surface area (Å²) in [5.74, 6) is -1.94. The number of sulfonamides is 1. The Balaban J connectivity index is 3.05. The van der Waals surface area contributed by atoms with Crippen LogP contribution in [0.3, 0.4) is 0 Å². The number of aromatic carboxylic acids is 1.